The number of hydrogen-bond donors (Lipinski definition) is 2. The first-order chi connectivity index (χ1) is 9.38. The number of benzene rings is 1. The number of rotatable bonds is 7. The smallest absolute Gasteiger partial charge is 0.251 e. The van der Waals surface area contributed by atoms with Gasteiger partial charge in [0.05, 0.1) is 0 Å². The second-order valence-electron chi connectivity index (χ2n) is 6.34. The van der Waals surface area contributed by atoms with Gasteiger partial charge >= 0.3 is 0 Å². The lowest BCUT2D eigenvalue weighted by molar-refractivity contribution is 0.0924. The standard InChI is InChI=1S/C17H28N2O/c1-13(2)17(3,4)12-19-16(20)15-9-7-6-8-14(15)10-11-18-5/h6-9,13,18H,10-12H2,1-5H3,(H,19,20). The lowest BCUT2D eigenvalue weighted by Gasteiger charge is -2.29. The topological polar surface area (TPSA) is 41.1 Å². The van der Waals surface area contributed by atoms with Crippen LogP contribution in [0.3, 0.4) is 0 Å². The van der Waals surface area contributed by atoms with Gasteiger partial charge in [-0.1, -0.05) is 45.9 Å². The molecule has 2 N–H and O–H groups in total. The Kier molecular flexibility index (Phi) is 6.21. The minimum atomic E-state index is 0.0328. The van der Waals surface area contributed by atoms with E-state index in [1.165, 1.54) is 0 Å². The van der Waals surface area contributed by atoms with Gasteiger partial charge in [0, 0.05) is 12.1 Å². The Morgan fingerprint density at radius 3 is 2.50 bits per heavy atom. The van der Waals surface area contributed by atoms with Crippen LogP contribution in [0.1, 0.15) is 43.6 Å². The van der Waals surface area contributed by atoms with Crippen LogP contribution in [0.5, 0.6) is 0 Å². The van der Waals surface area contributed by atoms with Crippen molar-refractivity contribution in [1.82, 2.24) is 10.6 Å². The number of nitrogens with one attached hydrogen (secondary N) is 2. The summed E-state index contributed by atoms with van der Waals surface area (Å²) in [6.07, 6.45) is 0.869. The van der Waals surface area contributed by atoms with Crippen molar-refractivity contribution >= 4 is 5.91 Å². The van der Waals surface area contributed by atoms with E-state index in [4.69, 9.17) is 0 Å². The predicted molar refractivity (Wildman–Crippen MR) is 85.0 cm³/mol. The first kappa shape index (κ1) is 16.7. The summed E-state index contributed by atoms with van der Waals surface area (Å²) in [5.41, 5.74) is 2.00. The van der Waals surface area contributed by atoms with Crippen molar-refractivity contribution < 1.29 is 4.79 Å². The first-order valence-electron chi connectivity index (χ1n) is 7.39. The van der Waals surface area contributed by atoms with Gasteiger partial charge in [0.25, 0.3) is 5.91 Å². The summed E-state index contributed by atoms with van der Waals surface area (Å²) in [4.78, 5) is 12.4. The average Bonchev–Trinajstić information content (AvgIpc) is 2.42. The summed E-state index contributed by atoms with van der Waals surface area (Å²) in [6, 6.07) is 7.84. The SMILES string of the molecule is CNCCc1ccccc1C(=O)NCC(C)(C)C(C)C. The van der Waals surface area contributed by atoms with E-state index in [0.717, 1.165) is 24.1 Å². The molecule has 0 heterocycles. The van der Waals surface area contributed by atoms with Crippen LogP contribution in [0.25, 0.3) is 0 Å². The fourth-order valence-electron chi connectivity index (χ4n) is 1.83. The van der Waals surface area contributed by atoms with E-state index < -0.39 is 0 Å². The van der Waals surface area contributed by atoms with Crippen molar-refractivity contribution in [2.75, 3.05) is 20.1 Å². The van der Waals surface area contributed by atoms with Crippen molar-refractivity contribution in [3.63, 3.8) is 0 Å². The maximum absolute atomic E-state index is 12.4. The molecule has 3 nitrogen and oxygen atoms in total. The summed E-state index contributed by atoms with van der Waals surface area (Å²) in [7, 11) is 1.92. The Labute approximate surface area is 123 Å². The molecule has 0 aromatic heterocycles. The molecule has 1 rings (SSSR count). The molecule has 0 saturated heterocycles. The van der Waals surface area contributed by atoms with E-state index in [9.17, 15) is 4.79 Å². The molecule has 0 bridgehead atoms. The summed E-state index contributed by atoms with van der Waals surface area (Å²) in [5, 5.41) is 6.20. The van der Waals surface area contributed by atoms with E-state index in [2.05, 4.69) is 38.3 Å². The van der Waals surface area contributed by atoms with Crippen LogP contribution >= 0.6 is 0 Å². The highest BCUT2D eigenvalue weighted by atomic mass is 16.1. The van der Waals surface area contributed by atoms with Gasteiger partial charge < -0.3 is 10.6 Å². The number of amides is 1. The molecule has 0 atom stereocenters. The molecule has 20 heavy (non-hydrogen) atoms. The highest BCUT2D eigenvalue weighted by molar-refractivity contribution is 5.95. The molecule has 0 saturated carbocycles. The van der Waals surface area contributed by atoms with Crippen molar-refractivity contribution in [2.24, 2.45) is 11.3 Å². The Bertz CT molecular complexity index is 438. The van der Waals surface area contributed by atoms with Gasteiger partial charge in [-0.05, 0) is 43.0 Å². The van der Waals surface area contributed by atoms with Crippen LogP contribution in [0.2, 0.25) is 0 Å². The number of hydrogen-bond acceptors (Lipinski definition) is 2. The molecule has 1 amide bonds. The van der Waals surface area contributed by atoms with Gasteiger partial charge in [-0.3, -0.25) is 4.79 Å². The highest BCUT2D eigenvalue weighted by Gasteiger charge is 2.23. The lowest BCUT2D eigenvalue weighted by atomic mass is 9.81. The molecule has 0 fully saturated rings. The van der Waals surface area contributed by atoms with Crippen LogP contribution in [-0.4, -0.2) is 26.0 Å². The van der Waals surface area contributed by atoms with Gasteiger partial charge in [0.2, 0.25) is 0 Å². The molecular weight excluding hydrogens is 248 g/mol. The van der Waals surface area contributed by atoms with Crippen molar-refractivity contribution in [3.8, 4) is 0 Å². The molecule has 0 aliphatic rings. The molecule has 3 heteroatoms. The van der Waals surface area contributed by atoms with E-state index in [1.54, 1.807) is 0 Å². The van der Waals surface area contributed by atoms with Crippen LogP contribution in [0, 0.1) is 11.3 Å². The third-order valence-electron chi connectivity index (χ3n) is 4.17. The average molecular weight is 276 g/mol. The Morgan fingerprint density at radius 2 is 1.90 bits per heavy atom. The van der Waals surface area contributed by atoms with E-state index in [-0.39, 0.29) is 11.3 Å². The second-order valence-corrected chi connectivity index (χ2v) is 6.34. The zero-order chi connectivity index (χ0) is 15.2. The van der Waals surface area contributed by atoms with Crippen LogP contribution in [0.15, 0.2) is 24.3 Å². The van der Waals surface area contributed by atoms with E-state index in [0.29, 0.717) is 12.5 Å². The zero-order valence-corrected chi connectivity index (χ0v) is 13.4. The molecule has 0 aliphatic heterocycles. The quantitative estimate of drug-likeness (QED) is 0.804. The third-order valence-corrected chi connectivity index (χ3v) is 4.17. The fourth-order valence-corrected chi connectivity index (χ4v) is 1.83. The summed E-state index contributed by atoms with van der Waals surface area (Å²) in [5.74, 6) is 0.563. The summed E-state index contributed by atoms with van der Waals surface area (Å²) in [6.45, 7) is 10.3. The number of likely N-dealkylation sites (N-methyl/N-ethyl adjacent to an activating group) is 1. The van der Waals surface area contributed by atoms with Gasteiger partial charge in [-0.2, -0.15) is 0 Å². The normalized spacial score (nSPS) is 11.7. The summed E-state index contributed by atoms with van der Waals surface area (Å²) < 4.78 is 0. The number of carbonyl (C=O) groups is 1. The molecule has 0 aliphatic carbocycles. The predicted octanol–water partition coefficient (Wildman–Crippen LogP) is 2.86. The fraction of sp³-hybridized carbons (Fsp3) is 0.588. The van der Waals surface area contributed by atoms with E-state index in [1.807, 2.05) is 31.3 Å². The molecule has 112 valence electrons. The first-order valence-corrected chi connectivity index (χ1v) is 7.39. The van der Waals surface area contributed by atoms with Crippen LogP contribution < -0.4 is 10.6 Å². The second kappa shape index (κ2) is 7.44. The molecule has 1 aromatic carbocycles. The van der Waals surface area contributed by atoms with Crippen molar-refractivity contribution in [1.29, 1.82) is 0 Å². The van der Waals surface area contributed by atoms with Crippen molar-refractivity contribution in [2.45, 2.75) is 34.1 Å². The Balaban J connectivity index is 2.72. The van der Waals surface area contributed by atoms with Gasteiger partial charge in [-0.25, -0.2) is 0 Å². The Morgan fingerprint density at radius 1 is 1.25 bits per heavy atom. The molecular formula is C17H28N2O. The maximum Gasteiger partial charge on any atom is 0.251 e. The zero-order valence-electron chi connectivity index (χ0n) is 13.4. The summed E-state index contributed by atoms with van der Waals surface area (Å²) >= 11 is 0. The van der Waals surface area contributed by atoms with Crippen LogP contribution in [0.4, 0.5) is 0 Å². The third kappa shape index (κ3) is 4.64. The largest absolute Gasteiger partial charge is 0.351 e. The van der Waals surface area contributed by atoms with Crippen molar-refractivity contribution in [3.05, 3.63) is 35.4 Å². The number of carbonyl (C=O) groups excluding carboxylic acids is 1. The van der Waals surface area contributed by atoms with Crippen LogP contribution in [-0.2, 0) is 6.42 Å². The lowest BCUT2D eigenvalue weighted by Crippen LogP contribution is -2.37. The monoisotopic (exact) mass is 276 g/mol. The minimum Gasteiger partial charge on any atom is -0.351 e. The van der Waals surface area contributed by atoms with E-state index >= 15 is 0 Å². The van der Waals surface area contributed by atoms with Gasteiger partial charge in [-0.15, -0.1) is 0 Å². The molecule has 1 aromatic rings. The molecule has 0 unspecified atom stereocenters. The Hall–Kier alpha value is -1.35. The maximum atomic E-state index is 12.4. The molecule has 0 spiro atoms. The highest BCUT2D eigenvalue weighted by Crippen LogP contribution is 2.24. The van der Waals surface area contributed by atoms with Gasteiger partial charge in [0.15, 0.2) is 0 Å². The molecule has 0 radical (unpaired) electrons. The van der Waals surface area contributed by atoms with Gasteiger partial charge in [0.1, 0.15) is 0 Å². The minimum absolute atomic E-state index is 0.0328.